The Morgan fingerprint density at radius 2 is 2.00 bits per heavy atom. The molecule has 7 heteroatoms. The number of aromatic nitrogens is 3. The minimum Gasteiger partial charge on any atom is -0.384 e. The number of carbonyl (C=O) groups excluding carboxylic acids is 1. The van der Waals surface area contributed by atoms with Crippen molar-refractivity contribution in [3.63, 3.8) is 0 Å². The number of nitrogens with two attached hydrogens (primary N) is 1. The number of aryl methyl sites for hydroxylation is 2. The number of hydrogen-bond donors (Lipinski definition) is 1. The van der Waals surface area contributed by atoms with Gasteiger partial charge in [-0.2, -0.15) is 0 Å². The Labute approximate surface area is 156 Å². The van der Waals surface area contributed by atoms with Crippen LogP contribution in [0.1, 0.15) is 38.9 Å². The second-order valence-electron chi connectivity index (χ2n) is 6.15. The molecule has 0 aliphatic carbocycles. The van der Waals surface area contributed by atoms with Gasteiger partial charge in [0.05, 0.1) is 16.7 Å². The van der Waals surface area contributed by atoms with E-state index in [1.165, 1.54) is 0 Å². The van der Waals surface area contributed by atoms with E-state index in [2.05, 4.69) is 15.0 Å². The average Bonchev–Trinajstić information content (AvgIpc) is 2.98. The van der Waals surface area contributed by atoms with E-state index in [1.54, 1.807) is 47.7 Å². The van der Waals surface area contributed by atoms with Gasteiger partial charge in [0.15, 0.2) is 5.82 Å². The third-order valence-electron chi connectivity index (χ3n) is 4.28. The van der Waals surface area contributed by atoms with Gasteiger partial charge in [0, 0.05) is 29.2 Å². The number of thiazole rings is 1. The summed E-state index contributed by atoms with van der Waals surface area (Å²) in [5, 5.41) is 1.01. The first kappa shape index (κ1) is 18.0. The zero-order valence-electron chi connectivity index (χ0n) is 15.2. The summed E-state index contributed by atoms with van der Waals surface area (Å²) >= 11 is 1.65. The molecule has 1 amide bonds. The Morgan fingerprint density at radius 1 is 1.23 bits per heavy atom. The summed E-state index contributed by atoms with van der Waals surface area (Å²) in [6.45, 7) is 6.00. The van der Waals surface area contributed by atoms with Crippen LogP contribution in [0.5, 0.6) is 0 Å². The Hall–Kier alpha value is -2.80. The third kappa shape index (κ3) is 3.57. The second-order valence-corrected chi connectivity index (χ2v) is 7.56. The van der Waals surface area contributed by atoms with E-state index in [4.69, 9.17) is 5.73 Å². The van der Waals surface area contributed by atoms with Crippen LogP contribution in [-0.4, -0.2) is 32.8 Å². The maximum Gasteiger partial charge on any atom is 0.254 e. The molecule has 134 valence electrons. The van der Waals surface area contributed by atoms with E-state index < -0.39 is 0 Å². The average molecular weight is 367 g/mol. The Bertz CT molecular complexity index is 953. The van der Waals surface area contributed by atoms with Crippen LogP contribution in [0.25, 0.3) is 11.4 Å². The molecule has 0 saturated carbocycles. The van der Waals surface area contributed by atoms with Crippen molar-refractivity contribution in [1.29, 1.82) is 0 Å². The van der Waals surface area contributed by atoms with Gasteiger partial charge in [-0.25, -0.2) is 15.0 Å². The Kier molecular flexibility index (Phi) is 4.99. The molecular formula is C19H21N5OS. The predicted molar refractivity (Wildman–Crippen MR) is 104 cm³/mol. The standard InChI is InChI=1S/C19H21N5OS/c1-11(17-12(2)26-13(3)22-17)24(4)19(25)15-7-5-6-14(10-15)18-21-9-8-16(20)23-18/h5-11H,1-4H3,(H2,20,21,23)/t11-/m0/s1. The molecule has 6 nitrogen and oxygen atoms in total. The van der Waals surface area contributed by atoms with Gasteiger partial charge in [0.25, 0.3) is 5.91 Å². The lowest BCUT2D eigenvalue weighted by molar-refractivity contribution is 0.0740. The minimum absolute atomic E-state index is 0.0756. The molecule has 3 aromatic rings. The lowest BCUT2D eigenvalue weighted by Gasteiger charge is -2.24. The maximum absolute atomic E-state index is 13.0. The quantitative estimate of drug-likeness (QED) is 0.761. The molecule has 0 radical (unpaired) electrons. The fourth-order valence-corrected chi connectivity index (χ4v) is 3.71. The molecule has 2 aromatic heterocycles. The lowest BCUT2D eigenvalue weighted by Crippen LogP contribution is -2.30. The molecule has 0 spiro atoms. The zero-order valence-corrected chi connectivity index (χ0v) is 16.0. The summed E-state index contributed by atoms with van der Waals surface area (Å²) in [7, 11) is 1.80. The topological polar surface area (TPSA) is 85.0 Å². The molecule has 0 unspecified atom stereocenters. The highest BCUT2D eigenvalue weighted by Crippen LogP contribution is 2.27. The number of nitrogen functional groups attached to an aromatic ring is 1. The van der Waals surface area contributed by atoms with Crippen LogP contribution < -0.4 is 5.73 Å². The molecule has 1 atom stereocenters. The SMILES string of the molecule is Cc1nc([C@H](C)N(C)C(=O)c2cccc(-c3nccc(N)n3)c2)c(C)s1. The van der Waals surface area contributed by atoms with E-state index in [0.29, 0.717) is 17.2 Å². The highest BCUT2D eigenvalue weighted by atomic mass is 32.1. The molecule has 26 heavy (non-hydrogen) atoms. The molecular weight excluding hydrogens is 346 g/mol. The van der Waals surface area contributed by atoms with Crippen molar-refractivity contribution in [3.8, 4) is 11.4 Å². The van der Waals surface area contributed by atoms with Crippen molar-refractivity contribution in [2.24, 2.45) is 0 Å². The van der Waals surface area contributed by atoms with E-state index in [1.807, 2.05) is 32.9 Å². The summed E-state index contributed by atoms with van der Waals surface area (Å²) < 4.78 is 0. The van der Waals surface area contributed by atoms with Gasteiger partial charge in [0.2, 0.25) is 0 Å². The van der Waals surface area contributed by atoms with Gasteiger partial charge >= 0.3 is 0 Å². The summed E-state index contributed by atoms with van der Waals surface area (Å²) in [6.07, 6.45) is 1.60. The number of benzene rings is 1. The van der Waals surface area contributed by atoms with Gasteiger partial charge in [-0.05, 0) is 39.0 Å². The molecule has 3 rings (SSSR count). The molecule has 0 aliphatic rings. The first-order valence-electron chi connectivity index (χ1n) is 8.27. The zero-order chi connectivity index (χ0) is 18.8. The van der Waals surface area contributed by atoms with Gasteiger partial charge in [-0.1, -0.05) is 12.1 Å². The summed E-state index contributed by atoms with van der Waals surface area (Å²) in [4.78, 5) is 28.8. The molecule has 2 N–H and O–H groups in total. The van der Waals surface area contributed by atoms with Crippen LogP contribution in [0, 0.1) is 13.8 Å². The van der Waals surface area contributed by atoms with E-state index in [-0.39, 0.29) is 11.9 Å². The predicted octanol–water partition coefficient (Wildman–Crippen LogP) is 3.63. The van der Waals surface area contributed by atoms with Crippen LogP contribution in [-0.2, 0) is 0 Å². The summed E-state index contributed by atoms with van der Waals surface area (Å²) in [5.41, 5.74) is 8.00. The fourth-order valence-electron chi connectivity index (χ4n) is 2.80. The normalized spacial score (nSPS) is 12.0. The molecule has 0 saturated heterocycles. The van der Waals surface area contributed by atoms with Gasteiger partial charge < -0.3 is 10.6 Å². The van der Waals surface area contributed by atoms with Crippen LogP contribution in [0.2, 0.25) is 0 Å². The van der Waals surface area contributed by atoms with Crippen LogP contribution in [0.4, 0.5) is 5.82 Å². The number of carbonyl (C=O) groups is 1. The van der Waals surface area contributed by atoms with Crippen molar-refractivity contribution in [3.05, 3.63) is 57.7 Å². The van der Waals surface area contributed by atoms with Crippen molar-refractivity contribution in [2.45, 2.75) is 26.8 Å². The van der Waals surface area contributed by atoms with Crippen molar-refractivity contribution < 1.29 is 4.79 Å². The molecule has 1 aromatic carbocycles. The van der Waals surface area contributed by atoms with Gasteiger partial charge in [-0.3, -0.25) is 4.79 Å². The summed E-state index contributed by atoms with van der Waals surface area (Å²) in [5.74, 6) is 0.821. The molecule has 0 bridgehead atoms. The number of anilines is 1. The van der Waals surface area contributed by atoms with Gasteiger partial charge in [0.1, 0.15) is 5.82 Å². The smallest absolute Gasteiger partial charge is 0.254 e. The van der Waals surface area contributed by atoms with E-state index in [9.17, 15) is 4.79 Å². The first-order chi connectivity index (χ1) is 12.4. The highest BCUT2D eigenvalue weighted by Gasteiger charge is 2.23. The van der Waals surface area contributed by atoms with Crippen LogP contribution in [0.15, 0.2) is 36.5 Å². The monoisotopic (exact) mass is 367 g/mol. The Morgan fingerprint density at radius 3 is 2.65 bits per heavy atom. The number of nitrogens with zero attached hydrogens (tertiary/aromatic N) is 4. The second kappa shape index (κ2) is 7.21. The van der Waals surface area contributed by atoms with Crippen molar-refractivity contribution >= 4 is 23.1 Å². The van der Waals surface area contributed by atoms with Crippen LogP contribution >= 0.6 is 11.3 Å². The fraction of sp³-hybridized carbons (Fsp3) is 0.263. The molecule has 0 fully saturated rings. The third-order valence-corrected chi connectivity index (χ3v) is 5.18. The number of rotatable bonds is 4. The highest BCUT2D eigenvalue weighted by molar-refractivity contribution is 7.11. The van der Waals surface area contributed by atoms with E-state index in [0.717, 1.165) is 21.1 Å². The largest absolute Gasteiger partial charge is 0.384 e. The van der Waals surface area contributed by atoms with Crippen molar-refractivity contribution in [1.82, 2.24) is 19.9 Å². The van der Waals surface area contributed by atoms with E-state index >= 15 is 0 Å². The summed E-state index contributed by atoms with van der Waals surface area (Å²) in [6, 6.07) is 8.79. The van der Waals surface area contributed by atoms with Crippen molar-refractivity contribution in [2.75, 3.05) is 12.8 Å². The first-order valence-corrected chi connectivity index (χ1v) is 9.08. The Balaban J connectivity index is 1.88. The van der Waals surface area contributed by atoms with Gasteiger partial charge in [-0.15, -0.1) is 11.3 Å². The minimum atomic E-state index is -0.111. The van der Waals surface area contributed by atoms with Crippen LogP contribution in [0.3, 0.4) is 0 Å². The molecule has 2 heterocycles. The maximum atomic E-state index is 13.0. The number of hydrogen-bond acceptors (Lipinski definition) is 6. The lowest BCUT2D eigenvalue weighted by atomic mass is 10.1. The number of amides is 1. The molecule has 0 aliphatic heterocycles.